The van der Waals surface area contributed by atoms with Crippen LogP contribution in [0.1, 0.15) is 25.5 Å². The molecule has 7 heteroatoms. The predicted molar refractivity (Wildman–Crippen MR) is 73.7 cm³/mol. The van der Waals surface area contributed by atoms with Crippen molar-refractivity contribution in [1.82, 2.24) is 9.78 Å². The molecule has 1 saturated heterocycles. The molecule has 20 heavy (non-hydrogen) atoms. The van der Waals surface area contributed by atoms with Crippen molar-refractivity contribution in [3.8, 4) is 0 Å². The highest BCUT2D eigenvalue weighted by atomic mass is 16.6. The first-order valence-electron chi connectivity index (χ1n) is 7.17. The Kier molecular flexibility index (Phi) is 3.16. The van der Waals surface area contributed by atoms with Crippen molar-refractivity contribution in [3.05, 3.63) is 15.8 Å². The summed E-state index contributed by atoms with van der Waals surface area (Å²) in [5.74, 6) is 1.30. The molecule has 3 unspecified atom stereocenters. The largest absolute Gasteiger partial charge is 0.393 e. The van der Waals surface area contributed by atoms with Gasteiger partial charge in [0.05, 0.1) is 11.0 Å². The third-order valence-corrected chi connectivity index (χ3v) is 4.67. The lowest BCUT2D eigenvalue weighted by atomic mass is 10.00. The first-order chi connectivity index (χ1) is 9.52. The van der Waals surface area contributed by atoms with Crippen LogP contribution < -0.4 is 4.90 Å². The van der Waals surface area contributed by atoms with E-state index in [9.17, 15) is 15.2 Å². The predicted octanol–water partition coefficient (Wildman–Crippen LogP) is 1.33. The zero-order chi connectivity index (χ0) is 14.4. The van der Waals surface area contributed by atoms with Crippen molar-refractivity contribution in [2.24, 2.45) is 11.8 Å². The van der Waals surface area contributed by atoms with Crippen LogP contribution in [0.25, 0.3) is 0 Å². The Bertz CT molecular complexity index is 542. The number of anilines is 1. The molecular formula is C13H20N4O3. The molecule has 1 aromatic rings. The van der Waals surface area contributed by atoms with Gasteiger partial charge in [-0.05, 0) is 32.6 Å². The van der Waals surface area contributed by atoms with Crippen LogP contribution in [0.15, 0.2) is 0 Å². The molecule has 1 aliphatic carbocycles. The van der Waals surface area contributed by atoms with E-state index in [1.807, 2.05) is 11.8 Å². The summed E-state index contributed by atoms with van der Waals surface area (Å²) in [6.07, 6.45) is 1.61. The van der Waals surface area contributed by atoms with Crippen molar-refractivity contribution in [2.45, 2.75) is 39.3 Å². The summed E-state index contributed by atoms with van der Waals surface area (Å²) >= 11 is 0. The summed E-state index contributed by atoms with van der Waals surface area (Å²) in [5, 5.41) is 25.6. The molecule has 0 radical (unpaired) electrons. The number of hydrogen-bond donors (Lipinski definition) is 1. The minimum absolute atomic E-state index is 0.112. The number of nitro groups is 1. The standard InChI is InChI=1S/C13H20N4O3/c1-3-16-13(12(17(19)20)8(2)14-16)15-6-9-4-5-11(18)10(9)7-15/h9-11,18H,3-7H2,1-2H3. The van der Waals surface area contributed by atoms with Gasteiger partial charge in [-0.15, -0.1) is 0 Å². The SMILES string of the molecule is CCn1nc(C)c([N+](=O)[O-])c1N1CC2CCC(O)C2C1. The summed E-state index contributed by atoms with van der Waals surface area (Å²) in [6, 6.07) is 0. The van der Waals surface area contributed by atoms with Crippen LogP contribution in [-0.4, -0.2) is 39.0 Å². The molecule has 0 aromatic carbocycles. The van der Waals surface area contributed by atoms with E-state index in [1.54, 1.807) is 11.6 Å². The Morgan fingerprint density at radius 2 is 2.20 bits per heavy atom. The molecule has 1 aromatic heterocycles. The van der Waals surface area contributed by atoms with Crippen LogP contribution in [0, 0.1) is 28.9 Å². The number of nitrogens with zero attached hydrogens (tertiary/aromatic N) is 4. The van der Waals surface area contributed by atoms with Gasteiger partial charge in [-0.1, -0.05) is 0 Å². The van der Waals surface area contributed by atoms with Crippen LogP contribution in [0.2, 0.25) is 0 Å². The second-order valence-corrected chi connectivity index (χ2v) is 5.80. The Labute approximate surface area is 117 Å². The highest BCUT2D eigenvalue weighted by Gasteiger charge is 2.44. The van der Waals surface area contributed by atoms with E-state index >= 15 is 0 Å². The molecule has 3 atom stereocenters. The average molecular weight is 280 g/mol. The van der Waals surface area contributed by atoms with Gasteiger partial charge in [0.15, 0.2) is 0 Å². The first kappa shape index (κ1) is 13.4. The van der Waals surface area contributed by atoms with Gasteiger partial charge in [-0.3, -0.25) is 10.1 Å². The molecule has 3 rings (SSSR count). The second-order valence-electron chi connectivity index (χ2n) is 5.80. The fourth-order valence-electron chi connectivity index (χ4n) is 3.72. The van der Waals surface area contributed by atoms with Gasteiger partial charge in [0.2, 0.25) is 5.82 Å². The van der Waals surface area contributed by atoms with Crippen molar-refractivity contribution in [3.63, 3.8) is 0 Å². The van der Waals surface area contributed by atoms with Gasteiger partial charge in [0.1, 0.15) is 5.69 Å². The highest BCUT2D eigenvalue weighted by molar-refractivity contribution is 5.62. The molecule has 110 valence electrons. The van der Waals surface area contributed by atoms with E-state index in [0.29, 0.717) is 30.5 Å². The zero-order valence-corrected chi connectivity index (χ0v) is 11.8. The fourth-order valence-corrected chi connectivity index (χ4v) is 3.72. The third-order valence-electron chi connectivity index (χ3n) is 4.67. The summed E-state index contributed by atoms with van der Waals surface area (Å²) in [5.41, 5.74) is 0.575. The number of aryl methyl sites for hydroxylation is 2. The molecule has 2 aliphatic rings. The van der Waals surface area contributed by atoms with Gasteiger partial charge in [0.25, 0.3) is 0 Å². The third kappa shape index (κ3) is 1.88. The summed E-state index contributed by atoms with van der Waals surface area (Å²) in [6.45, 7) is 5.70. The number of aliphatic hydroxyl groups is 1. The molecule has 7 nitrogen and oxygen atoms in total. The van der Waals surface area contributed by atoms with Crippen molar-refractivity contribution < 1.29 is 10.0 Å². The average Bonchev–Trinajstić information content (AvgIpc) is 3.03. The first-order valence-corrected chi connectivity index (χ1v) is 7.17. The normalized spacial score (nSPS) is 28.9. The smallest absolute Gasteiger partial charge is 0.333 e. The zero-order valence-electron chi connectivity index (χ0n) is 11.8. The van der Waals surface area contributed by atoms with E-state index in [2.05, 4.69) is 5.10 Å². The molecule has 0 amide bonds. The Balaban J connectivity index is 1.96. The van der Waals surface area contributed by atoms with E-state index in [-0.39, 0.29) is 22.6 Å². The number of aromatic nitrogens is 2. The number of rotatable bonds is 3. The van der Waals surface area contributed by atoms with Gasteiger partial charge in [0, 0.05) is 25.6 Å². The number of hydrogen-bond acceptors (Lipinski definition) is 5. The summed E-state index contributed by atoms with van der Waals surface area (Å²) < 4.78 is 1.71. The molecule has 1 aliphatic heterocycles. The van der Waals surface area contributed by atoms with E-state index in [4.69, 9.17) is 0 Å². The van der Waals surface area contributed by atoms with Gasteiger partial charge in [-0.25, -0.2) is 4.68 Å². The maximum Gasteiger partial charge on any atom is 0.333 e. The van der Waals surface area contributed by atoms with Crippen molar-refractivity contribution in [2.75, 3.05) is 18.0 Å². The molecule has 1 saturated carbocycles. The topological polar surface area (TPSA) is 84.4 Å². The Morgan fingerprint density at radius 1 is 1.45 bits per heavy atom. The molecule has 0 spiro atoms. The van der Waals surface area contributed by atoms with Gasteiger partial charge >= 0.3 is 5.69 Å². The maximum atomic E-state index is 11.3. The lowest BCUT2D eigenvalue weighted by Gasteiger charge is -2.20. The van der Waals surface area contributed by atoms with Gasteiger partial charge in [-0.2, -0.15) is 5.10 Å². The van der Waals surface area contributed by atoms with Crippen molar-refractivity contribution in [1.29, 1.82) is 0 Å². The van der Waals surface area contributed by atoms with Crippen LogP contribution >= 0.6 is 0 Å². The second kappa shape index (κ2) is 4.73. The van der Waals surface area contributed by atoms with Crippen LogP contribution in [-0.2, 0) is 6.54 Å². The maximum absolute atomic E-state index is 11.3. The quantitative estimate of drug-likeness (QED) is 0.667. The molecular weight excluding hydrogens is 260 g/mol. The molecule has 2 fully saturated rings. The van der Waals surface area contributed by atoms with Crippen LogP contribution in [0.3, 0.4) is 0 Å². The minimum atomic E-state index is -0.339. The highest BCUT2D eigenvalue weighted by Crippen LogP contribution is 2.42. The van der Waals surface area contributed by atoms with Crippen LogP contribution in [0.5, 0.6) is 0 Å². The lowest BCUT2D eigenvalue weighted by Crippen LogP contribution is -2.27. The molecule has 2 heterocycles. The summed E-state index contributed by atoms with van der Waals surface area (Å²) in [4.78, 5) is 13.0. The van der Waals surface area contributed by atoms with E-state index in [1.165, 1.54) is 0 Å². The van der Waals surface area contributed by atoms with Crippen LogP contribution in [0.4, 0.5) is 11.5 Å². The number of aliphatic hydroxyl groups excluding tert-OH is 1. The Hall–Kier alpha value is -1.63. The monoisotopic (exact) mass is 280 g/mol. The fraction of sp³-hybridized carbons (Fsp3) is 0.769. The summed E-state index contributed by atoms with van der Waals surface area (Å²) in [7, 11) is 0. The number of fused-ring (bicyclic) bond motifs is 1. The minimum Gasteiger partial charge on any atom is -0.393 e. The van der Waals surface area contributed by atoms with Gasteiger partial charge < -0.3 is 10.0 Å². The van der Waals surface area contributed by atoms with Crippen molar-refractivity contribution >= 4 is 11.5 Å². The Morgan fingerprint density at radius 3 is 2.80 bits per heavy atom. The molecule has 1 N–H and O–H groups in total. The van der Waals surface area contributed by atoms with E-state index in [0.717, 1.165) is 19.4 Å². The lowest BCUT2D eigenvalue weighted by molar-refractivity contribution is -0.384. The molecule has 0 bridgehead atoms. The van der Waals surface area contributed by atoms with E-state index < -0.39 is 0 Å².